The summed E-state index contributed by atoms with van der Waals surface area (Å²) >= 11 is 0. The van der Waals surface area contributed by atoms with E-state index in [1.165, 1.54) is 0 Å². The first-order valence-electron chi connectivity index (χ1n) is 21.0. The molecule has 0 N–H and O–H groups in total. The summed E-state index contributed by atoms with van der Waals surface area (Å²) in [6.07, 6.45) is 8.40. The second-order valence-electron chi connectivity index (χ2n) is 15.9. The quantitative estimate of drug-likeness (QED) is 0.105. The zero-order valence-corrected chi connectivity index (χ0v) is 37.2. The molecule has 12 heteroatoms. The minimum absolute atomic E-state index is 0.204. The zero-order chi connectivity index (χ0) is 44.6. The highest BCUT2D eigenvalue weighted by molar-refractivity contribution is 5.57. The highest BCUT2D eigenvalue weighted by Gasteiger charge is 2.35. The molecule has 7 aromatic rings. The highest BCUT2D eigenvalue weighted by Crippen LogP contribution is 2.36. The second-order valence-corrected chi connectivity index (χ2v) is 15.9. The van der Waals surface area contributed by atoms with Crippen molar-refractivity contribution >= 4 is 5.70 Å². The average molecular weight is 833 g/mol. The number of rotatable bonds is 14. The fraction of sp³-hybridized carbons (Fsp3) is 0.280. The van der Waals surface area contributed by atoms with Crippen LogP contribution >= 0.6 is 0 Å². The summed E-state index contributed by atoms with van der Waals surface area (Å²) in [5.74, 6) is -1.25. The van der Waals surface area contributed by atoms with Gasteiger partial charge in [-0.15, -0.1) is 0 Å². The van der Waals surface area contributed by atoms with E-state index in [1.807, 2.05) is 185 Å². The molecule has 0 saturated heterocycles. The molecule has 12 nitrogen and oxygen atoms in total. The molecule has 0 bridgehead atoms. The number of benzene rings is 3. The van der Waals surface area contributed by atoms with Gasteiger partial charge in [0.1, 0.15) is 0 Å². The van der Waals surface area contributed by atoms with Crippen LogP contribution < -0.4 is 22.2 Å². The summed E-state index contributed by atoms with van der Waals surface area (Å²) in [6.45, 7) is 13.4. The van der Waals surface area contributed by atoms with Crippen LogP contribution in [0.15, 0.2) is 141 Å². The number of aromatic nitrogens is 8. The van der Waals surface area contributed by atoms with Crippen LogP contribution in [0.3, 0.4) is 0 Å². The van der Waals surface area contributed by atoms with Crippen molar-refractivity contribution in [2.24, 2.45) is 28.2 Å². The molecule has 0 aliphatic carbocycles. The van der Waals surface area contributed by atoms with Gasteiger partial charge in [0.25, 0.3) is 22.2 Å². The summed E-state index contributed by atoms with van der Waals surface area (Å²) < 4.78 is 14.0. The van der Waals surface area contributed by atoms with Gasteiger partial charge in [0, 0.05) is 85.1 Å². The standard InChI is InChI=1S/C50H56N8O4/c1-11-13-24-37(12-2)55-47(59)43(33(3)51(55)7)41(44-34(4)52(8)56(48(44)60)38-25-17-14-18-26-38)31-23-32-42(45-35(5)53(9)57(49(45)61)39-27-19-15-20-28-39)46-36(6)54(10)58(50(46)62)40-29-21-16-22-30-40/h11-22,24-30,41-42H,1,23,31-32H2,2-10H3/b24-13-,37-12+/t41-/m1/s1. The number of allylic oxidation sites excluding steroid dienone is 5. The predicted molar refractivity (Wildman–Crippen MR) is 248 cm³/mol. The third-order valence-electron chi connectivity index (χ3n) is 12.7. The molecule has 62 heavy (non-hydrogen) atoms. The summed E-state index contributed by atoms with van der Waals surface area (Å²) in [7, 11) is 7.44. The van der Waals surface area contributed by atoms with Crippen molar-refractivity contribution in [3.63, 3.8) is 0 Å². The van der Waals surface area contributed by atoms with Crippen molar-refractivity contribution in [1.29, 1.82) is 0 Å². The van der Waals surface area contributed by atoms with Crippen molar-refractivity contribution < 1.29 is 0 Å². The molecule has 0 amide bonds. The van der Waals surface area contributed by atoms with E-state index in [2.05, 4.69) is 6.58 Å². The molecular formula is C50H56N8O4. The first-order valence-corrected chi connectivity index (χ1v) is 21.0. The molecule has 4 heterocycles. The van der Waals surface area contributed by atoms with Gasteiger partial charge in [-0.3, -0.25) is 37.9 Å². The van der Waals surface area contributed by atoms with Crippen molar-refractivity contribution in [1.82, 2.24) is 37.5 Å². The monoisotopic (exact) mass is 832 g/mol. The molecule has 0 unspecified atom stereocenters. The zero-order valence-electron chi connectivity index (χ0n) is 37.2. The topological polar surface area (TPSA) is 108 Å². The maximum Gasteiger partial charge on any atom is 0.275 e. The van der Waals surface area contributed by atoms with Gasteiger partial charge >= 0.3 is 0 Å². The lowest BCUT2D eigenvalue weighted by atomic mass is 9.82. The van der Waals surface area contributed by atoms with Crippen LogP contribution in [-0.4, -0.2) is 37.5 Å². The van der Waals surface area contributed by atoms with Crippen molar-refractivity contribution in [2.45, 2.75) is 65.7 Å². The number of hydrogen-bond donors (Lipinski definition) is 0. The number of hydrogen-bond acceptors (Lipinski definition) is 4. The first kappa shape index (κ1) is 43.0. The summed E-state index contributed by atoms with van der Waals surface area (Å²) in [6, 6.07) is 28.5. The second kappa shape index (κ2) is 17.5. The van der Waals surface area contributed by atoms with E-state index in [9.17, 15) is 19.2 Å². The van der Waals surface area contributed by atoms with Crippen LogP contribution in [0.25, 0.3) is 22.8 Å². The Hall–Kier alpha value is -7.08. The van der Waals surface area contributed by atoms with Gasteiger partial charge < -0.3 is 0 Å². The van der Waals surface area contributed by atoms with E-state index in [4.69, 9.17) is 0 Å². The van der Waals surface area contributed by atoms with Crippen LogP contribution in [-0.2, 0) is 28.2 Å². The molecule has 320 valence electrons. The molecule has 4 aromatic heterocycles. The van der Waals surface area contributed by atoms with Crippen molar-refractivity contribution in [3.8, 4) is 17.1 Å². The van der Waals surface area contributed by atoms with Gasteiger partial charge in [0.05, 0.1) is 22.8 Å². The minimum Gasteiger partial charge on any atom is -0.285 e. The van der Waals surface area contributed by atoms with Gasteiger partial charge in [-0.25, -0.2) is 18.7 Å². The molecule has 0 spiro atoms. The van der Waals surface area contributed by atoms with Crippen LogP contribution in [0.4, 0.5) is 0 Å². The fourth-order valence-electron chi connectivity index (χ4n) is 9.24. The lowest BCUT2D eigenvalue weighted by molar-refractivity contribution is 0.578. The highest BCUT2D eigenvalue weighted by atomic mass is 16.2. The third kappa shape index (κ3) is 7.18. The summed E-state index contributed by atoms with van der Waals surface area (Å²) in [5.41, 5.74) is 7.03. The Labute approximate surface area is 361 Å². The van der Waals surface area contributed by atoms with Crippen LogP contribution in [0.2, 0.25) is 0 Å². The van der Waals surface area contributed by atoms with E-state index >= 15 is 0 Å². The Morgan fingerprint density at radius 3 is 1.16 bits per heavy atom. The Morgan fingerprint density at radius 2 is 0.839 bits per heavy atom. The molecule has 7 rings (SSSR count). The smallest absolute Gasteiger partial charge is 0.275 e. The Morgan fingerprint density at radius 1 is 0.516 bits per heavy atom. The van der Waals surface area contributed by atoms with Crippen LogP contribution in [0.5, 0.6) is 0 Å². The molecular weight excluding hydrogens is 777 g/mol. The minimum atomic E-state index is -0.628. The molecule has 1 atom stereocenters. The molecule has 0 fully saturated rings. The molecule has 0 saturated carbocycles. The van der Waals surface area contributed by atoms with E-state index < -0.39 is 11.8 Å². The van der Waals surface area contributed by atoms with Gasteiger partial charge in [-0.1, -0.05) is 85.8 Å². The molecule has 0 aliphatic rings. The lowest BCUT2D eigenvalue weighted by Crippen LogP contribution is -2.27. The van der Waals surface area contributed by atoms with E-state index in [0.717, 1.165) is 22.8 Å². The molecule has 0 radical (unpaired) electrons. The van der Waals surface area contributed by atoms with E-state index in [0.29, 0.717) is 64.3 Å². The van der Waals surface area contributed by atoms with E-state index in [1.54, 1.807) is 30.9 Å². The van der Waals surface area contributed by atoms with Gasteiger partial charge in [-0.05, 0) is 89.9 Å². The summed E-state index contributed by atoms with van der Waals surface area (Å²) in [4.78, 5) is 59.4. The first-order chi connectivity index (χ1) is 29.8. The predicted octanol–water partition coefficient (Wildman–Crippen LogP) is 7.63. The van der Waals surface area contributed by atoms with Crippen molar-refractivity contribution in [3.05, 3.63) is 208 Å². The average Bonchev–Trinajstić information content (AvgIpc) is 3.82. The third-order valence-corrected chi connectivity index (χ3v) is 12.7. The van der Waals surface area contributed by atoms with Gasteiger partial charge in [0.15, 0.2) is 0 Å². The number of nitrogens with zero attached hydrogens (tertiary/aromatic N) is 8. The maximum atomic E-state index is 14.9. The Balaban J connectivity index is 1.42. The normalized spacial score (nSPS) is 12.6. The van der Waals surface area contributed by atoms with Gasteiger partial charge in [0.2, 0.25) is 0 Å². The van der Waals surface area contributed by atoms with Crippen molar-refractivity contribution in [2.75, 3.05) is 0 Å². The number of para-hydroxylation sites is 3. The largest absolute Gasteiger partial charge is 0.285 e. The Kier molecular flexibility index (Phi) is 12.1. The Bertz CT molecular complexity index is 2980. The van der Waals surface area contributed by atoms with Crippen LogP contribution in [0, 0.1) is 27.7 Å². The van der Waals surface area contributed by atoms with E-state index in [-0.39, 0.29) is 22.2 Å². The fourth-order valence-corrected chi connectivity index (χ4v) is 9.24. The van der Waals surface area contributed by atoms with Gasteiger partial charge in [-0.2, -0.15) is 0 Å². The maximum absolute atomic E-state index is 14.9. The summed E-state index contributed by atoms with van der Waals surface area (Å²) in [5, 5.41) is 0. The molecule has 3 aromatic carbocycles. The van der Waals surface area contributed by atoms with Crippen LogP contribution in [0.1, 0.15) is 83.1 Å². The SMILES string of the molecule is C=C/C=C\C(=C/C)n1c(=O)c([C@@H](CCCC(c2c(C)n(C)n(-c3ccccc3)c2=O)c2c(C)n(C)n(-c3ccccc3)c2=O)c2c(C)n(C)n(-c3ccccc3)c2=O)c(C)n1C. The molecule has 0 aliphatic heterocycles. The lowest BCUT2D eigenvalue weighted by Gasteiger charge is -2.19.